The summed E-state index contributed by atoms with van der Waals surface area (Å²) in [6.07, 6.45) is 3.63. The van der Waals surface area contributed by atoms with Gasteiger partial charge in [-0.3, -0.25) is 0 Å². The van der Waals surface area contributed by atoms with E-state index in [1.807, 2.05) is 20.2 Å². The van der Waals surface area contributed by atoms with Crippen LogP contribution < -0.4 is 5.32 Å². The lowest BCUT2D eigenvalue weighted by Gasteiger charge is -2.20. The normalized spacial score (nSPS) is 11.6. The smallest absolute Gasteiger partial charge is 0.0593 e. The SMILES string of the molecule is C=C/C(NC)=C(\C=C)N(C)CC.[HH]. The number of allylic oxidation sites excluding steroid dienone is 2. The molecule has 0 heterocycles. The zero-order valence-electron chi connectivity index (χ0n) is 8.22. The molecule has 0 aliphatic carbocycles. The van der Waals surface area contributed by atoms with Crippen molar-refractivity contribution in [1.82, 2.24) is 10.2 Å². The van der Waals surface area contributed by atoms with Gasteiger partial charge in [0.05, 0.1) is 11.4 Å². The van der Waals surface area contributed by atoms with Crippen molar-refractivity contribution in [1.29, 1.82) is 0 Å². The molecule has 70 valence electrons. The Morgan fingerprint density at radius 1 is 1.50 bits per heavy atom. The summed E-state index contributed by atoms with van der Waals surface area (Å²) in [6.45, 7) is 10.5. The first-order chi connectivity index (χ1) is 5.71. The highest BCUT2D eigenvalue weighted by atomic mass is 15.1. The van der Waals surface area contributed by atoms with E-state index in [0.29, 0.717) is 0 Å². The molecule has 0 spiro atoms. The van der Waals surface area contributed by atoms with Crippen molar-refractivity contribution in [3.8, 4) is 0 Å². The largest absolute Gasteiger partial charge is 0.386 e. The molecule has 0 aliphatic heterocycles. The van der Waals surface area contributed by atoms with E-state index in [0.717, 1.165) is 17.9 Å². The van der Waals surface area contributed by atoms with Crippen LogP contribution in [0, 0.1) is 0 Å². The van der Waals surface area contributed by atoms with Gasteiger partial charge in [-0.15, -0.1) is 0 Å². The summed E-state index contributed by atoms with van der Waals surface area (Å²) >= 11 is 0. The maximum atomic E-state index is 3.76. The summed E-state index contributed by atoms with van der Waals surface area (Å²) in [5.74, 6) is 0. The van der Waals surface area contributed by atoms with Crippen LogP contribution in [0.4, 0.5) is 0 Å². The van der Waals surface area contributed by atoms with E-state index in [1.165, 1.54) is 0 Å². The molecule has 0 aromatic carbocycles. The fourth-order valence-corrected chi connectivity index (χ4v) is 0.976. The average Bonchev–Trinajstić information content (AvgIpc) is 2.12. The van der Waals surface area contributed by atoms with E-state index < -0.39 is 0 Å². The zero-order chi connectivity index (χ0) is 9.56. The van der Waals surface area contributed by atoms with Gasteiger partial charge in [0, 0.05) is 22.1 Å². The quantitative estimate of drug-likeness (QED) is 0.631. The molecule has 0 aliphatic rings. The zero-order valence-corrected chi connectivity index (χ0v) is 8.22. The Kier molecular flexibility index (Phi) is 4.93. The molecule has 2 nitrogen and oxygen atoms in total. The number of hydrogen-bond donors (Lipinski definition) is 1. The first-order valence-electron chi connectivity index (χ1n) is 4.09. The van der Waals surface area contributed by atoms with Crippen LogP contribution in [-0.2, 0) is 0 Å². The second kappa shape index (κ2) is 5.47. The second-order valence-corrected chi connectivity index (χ2v) is 2.47. The van der Waals surface area contributed by atoms with E-state index in [4.69, 9.17) is 0 Å². The average molecular weight is 168 g/mol. The third-order valence-corrected chi connectivity index (χ3v) is 1.83. The Morgan fingerprint density at radius 3 is 2.33 bits per heavy atom. The summed E-state index contributed by atoms with van der Waals surface area (Å²) in [4.78, 5) is 2.11. The van der Waals surface area contributed by atoms with Gasteiger partial charge in [0.1, 0.15) is 0 Å². The lowest BCUT2D eigenvalue weighted by molar-refractivity contribution is 0.450. The minimum absolute atomic E-state index is 0. The van der Waals surface area contributed by atoms with Crippen LogP contribution in [0.1, 0.15) is 8.35 Å². The predicted octanol–water partition coefficient (Wildman–Crippen LogP) is 1.99. The molecule has 0 aromatic rings. The minimum Gasteiger partial charge on any atom is -0.386 e. The molecule has 2 heteroatoms. The summed E-state index contributed by atoms with van der Waals surface area (Å²) < 4.78 is 0. The molecule has 0 atom stereocenters. The maximum absolute atomic E-state index is 3.76. The van der Waals surface area contributed by atoms with Crippen LogP contribution in [0.25, 0.3) is 0 Å². The lowest BCUT2D eigenvalue weighted by Crippen LogP contribution is -2.20. The highest BCUT2D eigenvalue weighted by molar-refractivity contribution is 5.28. The Balaban J connectivity index is 0. The second-order valence-electron chi connectivity index (χ2n) is 2.47. The van der Waals surface area contributed by atoms with E-state index in [9.17, 15) is 0 Å². The minimum atomic E-state index is 0. The van der Waals surface area contributed by atoms with Gasteiger partial charge in [-0.05, 0) is 19.1 Å². The van der Waals surface area contributed by atoms with Crippen LogP contribution in [0.3, 0.4) is 0 Å². The van der Waals surface area contributed by atoms with Crippen molar-refractivity contribution in [3.63, 3.8) is 0 Å². The molecular weight excluding hydrogens is 148 g/mol. The van der Waals surface area contributed by atoms with Crippen LogP contribution >= 0.6 is 0 Å². The summed E-state index contributed by atoms with van der Waals surface area (Å²) in [6, 6.07) is 0. The van der Waals surface area contributed by atoms with E-state index >= 15 is 0 Å². The topological polar surface area (TPSA) is 15.3 Å². The van der Waals surface area contributed by atoms with Crippen molar-refractivity contribution in [2.75, 3.05) is 20.6 Å². The molecule has 12 heavy (non-hydrogen) atoms. The van der Waals surface area contributed by atoms with Crippen molar-refractivity contribution in [3.05, 3.63) is 36.7 Å². The molecule has 0 aromatic heterocycles. The Morgan fingerprint density at radius 2 is 2.08 bits per heavy atom. The Labute approximate surface area is 76.7 Å². The van der Waals surface area contributed by atoms with Gasteiger partial charge in [-0.1, -0.05) is 13.2 Å². The number of nitrogens with zero attached hydrogens (tertiary/aromatic N) is 1. The molecule has 0 rings (SSSR count). The third kappa shape index (κ3) is 2.46. The molecule has 0 saturated carbocycles. The molecule has 0 unspecified atom stereocenters. The van der Waals surface area contributed by atoms with Crippen LogP contribution in [0.5, 0.6) is 0 Å². The van der Waals surface area contributed by atoms with E-state index in [1.54, 1.807) is 6.08 Å². The first-order valence-corrected chi connectivity index (χ1v) is 4.09. The van der Waals surface area contributed by atoms with Gasteiger partial charge >= 0.3 is 0 Å². The number of likely N-dealkylation sites (N-methyl/N-ethyl adjacent to an activating group) is 2. The van der Waals surface area contributed by atoms with Gasteiger partial charge in [-0.2, -0.15) is 0 Å². The fraction of sp³-hybridized carbons (Fsp3) is 0.400. The van der Waals surface area contributed by atoms with Gasteiger partial charge in [0.25, 0.3) is 0 Å². The molecule has 0 bridgehead atoms. The molecule has 0 amide bonds. The van der Waals surface area contributed by atoms with Gasteiger partial charge in [0.15, 0.2) is 0 Å². The monoisotopic (exact) mass is 168 g/mol. The predicted molar refractivity (Wildman–Crippen MR) is 56.9 cm³/mol. The number of hydrogen-bond acceptors (Lipinski definition) is 2. The van der Waals surface area contributed by atoms with Crippen molar-refractivity contribution < 1.29 is 1.43 Å². The van der Waals surface area contributed by atoms with Gasteiger partial charge in [0.2, 0.25) is 0 Å². The number of rotatable bonds is 5. The fourth-order valence-electron chi connectivity index (χ4n) is 0.976. The number of nitrogens with one attached hydrogen (secondary N) is 1. The summed E-state index contributed by atoms with van der Waals surface area (Å²) in [5.41, 5.74) is 2.09. The Hall–Kier alpha value is -1.18. The van der Waals surface area contributed by atoms with Crippen molar-refractivity contribution >= 4 is 0 Å². The van der Waals surface area contributed by atoms with Crippen LogP contribution in [-0.4, -0.2) is 25.5 Å². The molecule has 0 radical (unpaired) electrons. The Bertz CT molecular complexity index is 197. The first kappa shape index (κ1) is 10.8. The standard InChI is InChI=1S/C10H18N2.H2/c1-6-9(11-4)10(7-2)12(5)8-3;/h6-7,11H,1-2,8H2,3-5H3;1H/b10-9-;. The van der Waals surface area contributed by atoms with Crippen molar-refractivity contribution in [2.24, 2.45) is 0 Å². The summed E-state index contributed by atoms with van der Waals surface area (Å²) in [5, 5.41) is 3.07. The van der Waals surface area contributed by atoms with E-state index in [-0.39, 0.29) is 1.43 Å². The van der Waals surface area contributed by atoms with Crippen LogP contribution in [0.15, 0.2) is 36.7 Å². The molecule has 0 fully saturated rings. The van der Waals surface area contributed by atoms with Crippen molar-refractivity contribution in [2.45, 2.75) is 6.92 Å². The third-order valence-electron chi connectivity index (χ3n) is 1.83. The van der Waals surface area contributed by atoms with Crippen LogP contribution in [0.2, 0.25) is 0 Å². The molecule has 0 saturated heterocycles. The maximum Gasteiger partial charge on any atom is 0.0593 e. The highest BCUT2D eigenvalue weighted by Crippen LogP contribution is 2.07. The van der Waals surface area contributed by atoms with Gasteiger partial charge in [-0.25, -0.2) is 0 Å². The molecule has 1 N–H and O–H groups in total. The van der Waals surface area contributed by atoms with Gasteiger partial charge < -0.3 is 10.2 Å². The lowest BCUT2D eigenvalue weighted by atomic mass is 10.3. The highest BCUT2D eigenvalue weighted by Gasteiger charge is 2.01. The summed E-state index contributed by atoms with van der Waals surface area (Å²) in [7, 11) is 3.90. The molecular formula is C10H20N2. The van der Waals surface area contributed by atoms with E-state index in [2.05, 4.69) is 30.3 Å².